The van der Waals surface area contributed by atoms with Crippen molar-refractivity contribution < 1.29 is 4.79 Å². The molecule has 3 heterocycles. The standard InChI is InChI=1S/C12H9N3O/c16-12-11-6-14-5-9(10(11)7-15-12)8-1-3-13-4-2-8/h1-6H,7H2,(H,15,16). The Hall–Kier alpha value is -2.23. The van der Waals surface area contributed by atoms with Crippen molar-refractivity contribution in [3.8, 4) is 11.1 Å². The van der Waals surface area contributed by atoms with Gasteiger partial charge in [0, 0.05) is 36.9 Å². The van der Waals surface area contributed by atoms with Crippen LogP contribution in [0.2, 0.25) is 0 Å². The molecule has 1 N–H and O–H groups in total. The number of hydrogen-bond acceptors (Lipinski definition) is 3. The van der Waals surface area contributed by atoms with Gasteiger partial charge in [0.25, 0.3) is 5.91 Å². The number of pyridine rings is 2. The highest BCUT2D eigenvalue weighted by Gasteiger charge is 2.22. The van der Waals surface area contributed by atoms with Gasteiger partial charge >= 0.3 is 0 Å². The summed E-state index contributed by atoms with van der Waals surface area (Å²) in [5.74, 6) is -0.0431. The van der Waals surface area contributed by atoms with Gasteiger partial charge in [-0.3, -0.25) is 14.8 Å². The maximum atomic E-state index is 11.5. The van der Waals surface area contributed by atoms with Crippen LogP contribution in [0.3, 0.4) is 0 Å². The molecule has 4 heteroatoms. The lowest BCUT2D eigenvalue weighted by molar-refractivity contribution is 0.0965. The van der Waals surface area contributed by atoms with Crippen molar-refractivity contribution in [3.05, 3.63) is 48.0 Å². The number of carbonyl (C=O) groups is 1. The Kier molecular flexibility index (Phi) is 1.93. The van der Waals surface area contributed by atoms with E-state index in [-0.39, 0.29) is 5.91 Å². The highest BCUT2D eigenvalue weighted by atomic mass is 16.1. The predicted molar refractivity (Wildman–Crippen MR) is 58.6 cm³/mol. The summed E-state index contributed by atoms with van der Waals surface area (Å²) in [5.41, 5.74) is 3.73. The molecule has 78 valence electrons. The van der Waals surface area contributed by atoms with Gasteiger partial charge in [0.2, 0.25) is 0 Å². The van der Waals surface area contributed by atoms with E-state index in [1.807, 2.05) is 12.1 Å². The van der Waals surface area contributed by atoms with Gasteiger partial charge in [0.1, 0.15) is 0 Å². The molecule has 2 aromatic heterocycles. The van der Waals surface area contributed by atoms with E-state index in [2.05, 4.69) is 15.3 Å². The van der Waals surface area contributed by atoms with Gasteiger partial charge < -0.3 is 5.32 Å². The van der Waals surface area contributed by atoms with Crippen LogP contribution in [0.4, 0.5) is 0 Å². The summed E-state index contributed by atoms with van der Waals surface area (Å²) in [6, 6.07) is 3.83. The lowest BCUT2D eigenvalue weighted by Gasteiger charge is -2.05. The molecule has 0 aliphatic carbocycles. The largest absolute Gasteiger partial charge is 0.348 e. The third-order valence-electron chi connectivity index (χ3n) is 2.72. The van der Waals surface area contributed by atoms with E-state index in [4.69, 9.17) is 0 Å². The van der Waals surface area contributed by atoms with Crippen LogP contribution < -0.4 is 5.32 Å². The zero-order chi connectivity index (χ0) is 11.0. The molecule has 0 saturated heterocycles. The van der Waals surface area contributed by atoms with Crippen molar-refractivity contribution in [1.29, 1.82) is 0 Å². The summed E-state index contributed by atoms with van der Waals surface area (Å²) in [4.78, 5) is 19.6. The number of nitrogens with one attached hydrogen (secondary N) is 1. The molecule has 0 radical (unpaired) electrons. The normalized spacial score (nSPS) is 13.4. The van der Waals surface area contributed by atoms with E-state index in [0.29, 0.717) is 12.1 Å². The Morgan fingerprint density at radius 2 is 1.81 bits per heavy atom. The average molecular weight is 211 g/mol. The quantitative estimate of drug-likeness (QED) is 0.775. The van der Waals surface area contributed by atoms with Gasteiger partial charge in [-0.2, -0.15) is 0 Å². The molecule has 2 aromatic rings. The summed E-state index contributed by atoms with van der Waals surface area (Å²) >= 11 is 0. The van der Waals surface area contributed by atoms with Gasteiger partial charge in [-0.15, -0.1) is 0 Å². The molecular weight excluding hydrogens is 202 g/mol. The second-order valence-corrected chi connectivity index (χ2v) is 3.63. The number of fused-ring (bicyclic) bond motifs is 1. The van der Waals surface area contributed by atoms with Crippen LogP contribution in [0, 0.1) is 0 Å². The molecule has 1 aliphatic rings. The molecule has 3 rings (SSSR count). The molecule has 1 amide bonds. The third-order valence-corrected chi connectivity index (χ3v) is 2.72. The minimum Gasteiger partial charge on any atom is -0.348 e. The zero-order valence-corrected chi connectivity index (χ0v) is 8.47. The first-order chi connectivity index (χ1) is 7.86. The van der Waals surface area contributed by atoms with Crippen LogP contribution in [0.5, 0.6) is 0 Å². The Morgan fingerprint density at radius 1 is 1.06 bits per heavy atom. The summed E-state index contributed by atoms with van der Waals surface area (Å²) in [6.45, 7) is 0.578. The van der Waals surface area contributed by atoms with Gasteiger partial charge in [-0.25, -0.2) is 0 Å². The molecule has 0 atom stereocenters. The summed E-state index contributed by atoms with van der Waals surface area (Å²) in [5, 5.41) is 2.80. The van der Waals surface area contributed by atoms with Gasteiger partial charge in [-0.05, 0) is 23.3 Å². The van der Waals surface area contributed by atoms with Crippen LogP contribution in [-0.4, -0.2) is 15.9 Å². The van der Waals surface area contributed by atoms with Crippen molar-refractivity contribution in [2.45, 2.75) is 6.54 Å². The first-order valence-electron chi connectivity index (χ1n) is 5.02. The monoisotopic (exact) mass is 211 g/mol. The lowest BCUT2D eigenvalue weighted by atomic mass is 10.0. The van der Waals surface area contributed by atoms with Crippen LogP contribution in [0.1, 0.15) is 15.9 Å². The summed E-state index contributed by atoms with van der Waals surface area (Å²) in [7, 11) is 0. The Labute approximate surface area is 92.4 Å². The molecule has 0 spiro atoms. The fourth-order valence-electron chi connectivity index (χ4n) is 1.92. The molecule has 0 aromatic carbocycles. The average Bonchev–Trinajstić information content (AvgIpc) is 2.73. The topological polar surface area (TPSA) is 54.9 Å². The van der Waals surface area contributed by atoms with Crippen LogP contribution in [0.25, 0.3) is 11.1 Å². The second-order valence-electron chi connectivity index (χ2n) is 3.63. The number of amides is 1. The smallest absolute Gasteiger partial charge is 0.253 e. The fraction of sp³-hybridized carbons (Fsp3) is 0.0833. The maximum absolute atomic E-state index is 11.5. The van der Waals surface area contributed by atoms with Crippen molar-refractivity contribution in [2.75, 3.05) is 0 Å². The second kappa shape index (κ2) is 3.41. The minimum absolute atomic E-state index is 0.0431. The Bertz CT molecular complexity index is 551. The number of hydrogen-bond donors (Lipinski definition) is 1. The number of nitrogens with zero attached hydrogens (tertiary/aromatic N) is 2. The highest BCUT2D eigenvalue weighted by molar-refractivity contribution is 6.00. The van der Waals surface area contributed by atoms with E-state index in [9.17, 15) is 4.79 Å². The Balaban J connectivity index is 2.20. The summed E-state index contributed by atoms with van der Waals surface area (Å²) in [6.07, 6.45) is 6.87. The van der Waals surface area contributed by atoms with Crippen LogP contribution >= 0.6 is 0 Å². The first-order valence-corrected chi connectivity index (χ1v) is 5.02. The molecule has 0 bridgehead atoms. The van der Waals surface area contributed by atoms with Gasteiger partial charge in [0.05, 0.1) is 5.56 Å². The van der Waals surface area contributed by atoms with E-state index >= 15 is 0 Å². The SMILES string of the molecule is O=C1NCc2c1cncc2-c1ccncc1. The van der Waals surface area contributed by atoms with Crippen LogP contribution in [-0.2, 0) is 6.54 Å². The predicted octanol–water partition coefficient (Wildman–Crippen LogP) is 1.39. The maximum Gasteiger partial charge on any atom is 0.253 e. The number of aromatic nitrogens is 2. The molecular formula is C12H9N3O. The molecule has 0 saturated carbocycles. The number of rotatable bonds is 1. The molecule has 1 aliphatic heterocycles. The molecule has 16 heavy (non-hydrogen) atoms. The van der Waals surface area contributed by atoms with Crippen molar-refractivity contribution >= 4 is 5.91 Å². The first kappa shape index (κ1) is 9.03. The van der Waals surface area contributed by atoms with Crippen molar-refractivity contribution in [2.24, 2.45) is 0 Å². The van der Waals surface area contributed by atoms with Crippen LogP contribution in [0.15, 0.2) is 36.9 Å². The van der Waals surface area contributed by atoms with Crippen molar-refractivity contribution in [3.63, 3.8) is 0 Å². The Morgan fingerprint density at radius 3 is 2.62 bits per heavy atom. The fourth-order valence-corrected chi connectivity index (χ4v) is 1.92. The number of carbonyl (C=O) groups excluding carboxylic acids is 1. The third kappa shape index (κ3) is 1.27. The zero-order valence-electron chi connectivity index (χ0n) is 8.47. The van der Waals surface area contributed by atoms with Gasteiger partial charge in [0.15, 0.2) is 0 Å². The van der Waals surface area contributed by atoms with E-state index in [1.54, 1.807) is 24.8 Å². The summed E-state index contributed by atoms with van der Waals surface area (Å²) < 4.78 is 0. The van der Waals surface area contributed by atoms with E-state index in [0.717, 1.165) is 16.7 Å². The molecule has 0 unspecified atom stereocenters. The van der Waals surface area contributed by atoms with Crippen molar-refractivity contribution in [1.82, 2.24) is 15.3 Å². The molecule has 4 nitrogen and oxygen atoms in total. The van der Waals surface area contributed by atoms with E-state index in [1.165, 1.54) is 0 Å². The highest BCUT2D eigenvalue weighted by Crippen LogP contribution is 2.27. The lowest BCUT2D eigenvalue weighted by Crippen LogP contribution is -2.12. The minimum atomic E-state index is -0.0431. The molecule has 0 fully saturated rings. The van der Waals surface area contributed by atoms with Gasteiger partial charge in [-0.1, -0.05) is 0 Å². The van der Waals surface area contributed by atoms with E-state index < -0.39 is 0 Å².